The van der Waals surface area contributed by atoms with Gasteiger partial charge in [-0.15, -0.1) is 0 Å². The Morgan fingerprint density at radius 3 is 2.60 bits per heavy atom. The Labute approximate surface area is 230 Å². The van der Waals surface area contributed by atoms with E-state index in [1.807, 2.05) is 0 Å². The van der Waals surface area contributed by atoms with Crippen molar-refractivity contribution in [3.05, 3.63) is 64.6 Å². The molecule has 2 heterocycles. The number of carbonyl (C=O) groups excluding carboxylic acids is 2. The molecule has 1 aromatic rings. The number of amides is 1. The highest BCUT2D eigenvalue weighted by molar-refractivity contribution is 6.00. The smallest absolute Gasteiger partial charge is 0.421 e. The molecule has 2 saturated carbocycles. The Hall–Kier alpha value is -3.11. The van der Waals surface area contributed by atoms with Crippen molar-refractivity contribution in [2.75, 3.05) is 20.6 Å². The quantitative estimate of drug-likeness (QED) is 0.316. The second-order valence-electron chi connectivity index (χ2n) is 12.4. The first-order valence-electron chi connectivity index (χ1n) is 13.8. The monoisotopic (exact) mass is 559 g/mol. The van der Waals surface area contributed by atoms with Crippen LogP contribution in [0.4, 0.5) is 13.2 Å². The molecule has 3 aliphatic carbocycles. The van der Waals surface area contributed by atoms with Crippen LogP contribution in [-0.2, 0) is 19.1 Å². The van der Waals surface area contributed by atoms with Crippen LogP contribution in [0, 0.1) is 17.3 Å². The van der Waals surface area contributed by atoms with E-state index in [1.165, 1.54) is 25.1 Å². The number of likely N-dealkylation sites (tertiary alicyclic amines) is 1. The van der Waals surface area contributed by atoms with Crippen molar-refractivity contribution < 1.29 is 41.8 Å². The zero-order chi connectivity index (χ0) is 28.7. The van der Waals surface area contributed by atoms with Crippen LogP contribution in [0.1, 0.15) is 44.6 Å². The first-order valence-corrected chi connectivity index (χ1v) is 13.8. The molecule has 2 aliphatic heterocycles. The molecule has 214 valence electrons. The van der Waals surface area contributed by atoms with E-state index in [2.05, 4.69) is 19.4 Å². The third kappa shape index (κ3) is 3.86. The van der Waals surface area contributed by atoms with Crippen molar-refractivity contribution in [3.63, 3.8) is 0 Å². The molecule has 1 spiro atoms. The van der Waals surface area contributed by atoms with Gasteiger partial charge in [0, 0.05) is 43.1 Å². The number of ether oxygens (including phenoxy) is 2. The van der Waals surface area contributed by atoms with Gasteiger partial charge in [-0.05, 0) is 30.1 Å². The molecule has 6 atom stereocenters. The van der Waals surface area contributed by atoms with Crippen LogP contribution in [0.25, 0.3) is 6.08 Å². The van der Waals surface area contributed by atoms with Gasteiger partial charge in [0.1, 0.15) is 11.3 Å². The maximum absolute atomic E-state index is 14.3. The minimum atomic E-state index is -4.96. The summed E-state index contributed by atoms with van der Waals surface area (Å²) in [5, 5.41) is 13.9. The van der Waals surface area contributed by atoms with Gasteiger partial charge in [-0.1, -0.05) is 36.8 Å². The lowest BCUT2D eigenvalue weighted by atomic mass is 9.46. The van der Waals surface area contributed by atoms with Gasteiger partial charge in [0.25, 0.3) is 5.91 Å². The van der Waals surface area contributed by atoms with E-state index < -0.39 is 40.7 Å². The van der Waals surface area contributed by atoms with Crippen LogP contribution >= 0.6 is 0 Å². The fraction of sp³-hybridized carbons (Fsp3) is 0.533. The summed E-state index contributed by atoms with van der Waals surface area (Å²) in [7, 11) is 4.35. The fourth-order valence-electron chi connectivity index (χ4n) is 8.45. The number of nitrogens with zero attached hydrogens (tertiary/aromatic N) is 1. The zero-order valence-electron chi connectivity index (χ0n) is 22.8. The molecular formula is C30H34F3N2O5+. The molecule has 40 heavy (non-hydrogen) atoms. The van der Waals surface area contributed by atoms with Gasteiger partial charge < -0.3 is 24.4 Å². The Morgan fingerprint density at radius 1 is 1.20 bits per heavy atom. The number of rotatable bonds is 4. The minimum Gasteiger partial charge on any atom is -0.508 e. The van der Waals surface area contributed by atoms with E-state index in [1.54, 1.807) is 18.2 Å². The summed E-state index contributed by atoms with van der Waals surface area (Å²) in [5.41, 5.74) is -2.91. The van der Waals surface area contributed by atoms with Gasteiger partial charge >= 0.3 is 12.1 Å². The predicted molar refractivity (Wildman–Crippen MR) is 139 cm³/mol. The Bertz CT molecular complexity index is 1350. The first kappa shape index (κ1) is 27.1. The first-order chi connectivity index (χ1) is 18.8. The van der Waals surface area contributed by atoms with E-state index in [4.69, 9.17) is 9.47 Å². The molecule has 4 fully saturated rings. The summed E-state index contributed by atoms with van der Waals surface area (Å²) < 4.78 is 56.0. The number of hydrogen-bond donors (Lipinski definition) is 2. The van der Waals surface area contributed by atoms with Gasteiger partial charge in [0.05, 0.1) is 32.8 Å². The molecule has 0 aromatic heterocycles. The summed E-state index contributed by atoms with van der Waals surface area (Å²) >= 11 is 0. The molecule has 1 amide bonds. The molecule has 10 heteroatoms. The highest BCUT2D eigenvalue weighted by Gasteiger charge is 2.77. The Morgan fingerprint density at radius 2 is 1.93 bits per heavy atom. The molecular weight excluding hydrogens is 525 g/mol. The van der Waals surface area contributed by atoms with Crippen molar-refractivity contribution in [3.8, 4) is 0 Å². The molecule has 1 aromatic carbocycles. The number of benzene rings is 1. The Balaban J connectivity index is 1.51. The SMILES string of the molecule is CC(=O)OC1=CC(O)=C2C[C@@H]3[C@@H]4CCC[C@@H]5OC1(NC(=O)C(=Cc1ccccc1)C(F)(F)F)C2[C@@]54CC[N+]3(C)C. The van der Waals surface area contributed by atoms with E-state index in [9.17, 15) is 27.9 Å². The third-order valence-electron chi connectivity index (χ3n) is 9.98. The Kier molecular flexibility index (Phi) is 6.06. The lowest BCUT2D eigenvalue weighted by molar-refractivity contribution is -0.929. The number of allylic oxidation sites excluding steroid dienone is 1. The van der Waals surface area contributed by atoms with Crippen LogP contribution in [0.5, 0.6) is 0 Å². The molecule has 0 radical (unpaired) electrons. The number of piperidine rings is 1. The van der Waals surface area contributed by atoms with Crippen molar-refractivity contribution in [1.82, 2.24) is 5.32 Å². The highest BCUT2D eigenvalue weighted by atomic mass is 19.4. The average Bonchev–Trinajstić information content (AvgIpc) is 3.16. The van der Waals surface area contributed by atoms with Crippen LogP contribution in [-0.4, -0.2) is 66.2 Å². The van der Waals surface area contributed by atoms with Gasteiger partial charge in [0.15, 0.2) is 5.76 Å². The van der Waals surface area contributed by atoms with Gasteiger partial charge in [-0.3, -0.25) is 9.59 Å². The van der Waals surface area contributed by atoms with Crippen LogP contribution in [0.3, 0.4) is 0 Å². The minimum absolute atomic E-state index is 0.0680. The normalized spacial score (nSPS) is 36.0. The van der Waals surface area contributed by atoms with Crippen LogP contribution in [0.2, 0.25) is 0 Å². The van der Waals surface area contributed by atoms with Gasteiger partial charge in [-0.25, -0.2) is 0 Å². The standard InChI is InChI=1S/C30H33F3N2O5/c1-17(36)39-25-16-23(37)19-15-22-20-10-7-11-24-28(20,12-13-35(22,2)3)26(19)29(25,40-24)34-27(38)21(30(31,32)33)14-18-8-5-4-6-9-18/h4-6,8-9,14,16,20,22,24,26H,7,10-13,15H2,1-3H3,(H-,34,37,38)/p+1/t20-,22+,24-,26?,28+,29?/m0/s1. The topological polar surface area (TPSA) is 84.9 Å². The molecule has 5 aliphatic rings. The number of carbonyl (C=O) groups is 2. The number of hydrogen-bond acceptors (Lipinski definition) is 5. The summed E-state index contributed by atoms with van der Waals surface area (Å²) in [6, 6.07) is 8.00. The van der Waals surface area contributed by atoms with Crippen LogP contribution in [0.15, 0.2) is 59.1 Å². The highest BCUT2D eigenvalue weighted by Crippen LogP contribution is 2.71. The summed E-state index contributed by atoms with van der Waals surface area (Å²) in [5.74, 6) is -2.84. The maximum atomic E-state index is 14.3. The molecule has 6 rings (SSSR count). The lowest BCUT2D eigenvalue weighted by Gasteiger charge is -2.63. The number of aliphatic hydroxyl groups is 1. The fourth-order valence-corrected chi connectivity index (χ4v) is 8.45. The van der Waals surface area contributed by atoms with Gasteiger partial charge in [0.2, 0.25) is 5.72 Å². The van der Waals surface area contributed by atoms with Crippen molar-refractivity contribution in [2.45, 2.75) is 63.1 Å². The molecule has 2 N–H and O–H groups in total. The average molecular weight is 560 g/mol. The number of alkyl halides is 3. The van der Waals surface area contributed by atoms with Crippen molar-refractivity contribution in [1.29, 1.82) is 0 Å². The van der Waals surface area contributed by atoms with E-state index >= 15 is 0 Å². The second-order valence-corrected chi connectivity index (χ2v) is 12.4. The summed E-state index contributed by atoms with van der Waals surface area (Å²) in [6.07, 6.45) is 0.394. The molecule has 2 saturated heterocycles. The summed E-state index contributed by atoms with van der Waals surface area (Å²) in [6.45, 7) is 1.99. The third-order valence-corrected chi connectivity index (χ3v) is 9.98. The van der Waals surface area contributed by atoms with E-state index in [-0.39, 0.29) is 35.1 Å². The number of quaternary nitrogens is 1. The van der Waals surface area contributed by atoms with Crippen molar-refractivity contribution in [2.24, 2.45) is 17.3 Å². The lowest BCUT2D eigenvalue weighted by Crippen LogP contribution is -2.71. The number of esters is 1. The van der Waals surface area contributed by atoms with Crippen LogP contribution < -0.4 is 5.32 Å². The predicted octanol–water partition coefficient (Wildman–Crippen LogP) is 4.77. The second kappa shape index (κ2) is 8.94. The van der Waals surface area contributed by atoms with E-state index in [0.29, 0.717) is 24.8 Å². The largest absolute Gasteiger partial charge is 0.508 e. The van der Waals surface area contributed by atoms with Crippen molar-refractivity contribution >= 4 is 18.0 Å². The van der Waals surface area contributed by atoms with Gasteiger partial charge in [-0.2, -0.15) is 13.2 Å². The molecule has 2 bridgehead atoms. The number of aliphatic hydroxyl groups excluding tert-OH is 1. The molecule has 2 unspecified atom stereocenters. The maximum Gasteiger partial charge on any atom is 0.421 e. The van der Waals surface area contributed by atoms with E-state index in [0.717, 1.165) is 29.9 Å². The molecule has 7 nitrogen and oxygen atoms in total. The summed E-state index contributed by atoms with van der Waals surface area (Å²) in [4.78, 5) is 25.9. The number of halogens is 3. The zero-order valence-corrected chi connectivity index (χ0v) is 22.8. The number of nitrogens with one attached hydrogen (secondary N) is 1.